The highest BCUT2D eigenvalue weighted by molar-refractivity contribution is 5.95. The number of carbonyl (C=O) groups is 1. The molecule has 0 unspecified atom stereocenters. The van der Waals surface area contributed by atoms with Crippen LogP contribution in [0.3, 0.4) is 0 Å². The van der Waals surface area contributed by atoms with E-state index in [1.54, 1.807) is 18.2 Å². The minimum absolute atomic E-state index is 0.445. The quantitative estimate of drug-likeness (QED) is 0.658. The van der Waals surface area contributed by atoms with E-state index in [-0.39, 0.29) is 0 Å². The molecular formula is C11H12N2O. The first-order valence-electron chi connectivity index (χ1n) is 4.28. The van der Waals surface area contributed by atoms with Crippen LogP contribution in [0.25, 0.3) is 0 Å². The van der Waals surface area contributed by atoms with Crippen LogP contribution in [0.1, 0.15) is 15.9 Å². The van der Waals surface area contributed by atoms with Crippen LogP contribution >= 0.6 is 0 Å². The first-order valence-corrected chi connectivity index (χ1v) is 4.28. The Morgan fingerprint density at radius 2 is 2.21 bits per heavy atom. The van der Waals surface area contributed by atoms with Gasteiger partial charge in [0.15, 0.2) is 0 Å². The zero-order valence-electron chi connectivity index (χ0n) is 8.00. The maximum Gasteiger partial charge on any atom is 0.249 e. The van der Waals surface area contributed by atoms with Crippen molar-refractivity contribution < 1.29 is 4.79 Å². The normalized spacial score (nSPS) is 8.93. The lowest BCUT2D eigenvalue weighted by molar-refractivity contribution is 0.1000. The maximum absolute atomic E-state index is 11.0. The molecule has 14 heavy (non-hydrogen) atoms. The summed E-state index contributed by atoms with van der Waals surface area (Å²) in [7, 11) is 1.81. The monoisotopic (exact) mass is 188 g/mol. The minimum atomic E-state index is -0.445. The summed E-state index contributed by atoms with van der Waals surface area (Å²) in [5.41, 5.74) is 6.34. The second-order valence-electron chi connectivity index (χ2n) is 2.74. The Kier molecular flexibility index (Phi) is 3.71. The van der Waals surface area contributed by atoms with Crippen LogP contribution in [0.2, 0.25) is 0 Å². The van der Waals surface area contributed by atoms with E-state index in [0.717, 1.165) is 0 Å². The van der Waals surface area contributed by atoms with Crippen molar-refractivity contribution in [3.8, 4) is 11.8 Å². The number of hydrogen-bond donors (Lipinski definition) is 2. The number of benzene rings is 1. The Morgan fingerprint density at radius 1 is 1.50 bits per heavy atom. The van der Waals surface area contributed by atoms with Crippen molar-refractivity contribution in [2.24, 2.45) is 5.73 Å². The standard InChI is InChI=1S/C11H12N2O/c1-13-8-4-6-9-5-2-3-7-10(9)11(12)14/h2-3,5,7,13H,8H2,1H3,(H2,12,14). The fourth-order valence-corrected chi connectivity index (χ4v) is 1.03. The highest BCUT2D eigenvalue weighted by Gasteiger charge is 2.03. The molecule has 3 heteroatoms. The van der Waals surface area contributed by atoms with Gasteiger partial charge in [-0.2, -0.15) is 0 Å². The number of amides is 1. The molecule has 0 bridgehead atoms. The molecule has 0 heterocycles. The van der Waals surface area contributed by atoms with Crippen molar-refractivity contribution >= 4 is 5.91 Å². The molecule has 0 saturated carbocycles. The summed E-state index contributed by atoms with van der Waals surface area (Å²) in [4.78, 5) is 11.0. The molecule has 3 nitrogen and oxygen atoms in total. The molecule has 1 aromatic rings. The van der Waals surface area contributed by atoms with E-state index in [4.69, 9.17) is 5.73 Å². The van der Waals surface area contributed by atoms with Crippen LogP contribution in [0, 0.1) is 11.8 Å². The molecule has 0 fully saturated rings. The van der Waals surface area contributed by atoms with Crippen molar-refractivity contribution in [1.29, 1.82) is 0 Å². The van der Waals surface area contributed by atoms with E-state index in [1.165, 1.54) is 0 Å². The van der Waals surface area contributed by atoms with Crippen LogP contribution in [0.5, 0.6) is 0 Å². The van der Waals surface area contributed by atoms with E-state index in [0.29, 0.717) is 17.7 Å². The molecule has 0 atom stereocenters. The van der Waals surface area contributed by atoms with Crippen LogP contribution in [-0.2, 0) is 0 Å². The zero-order valence-corrected chi connectivity index (χ0v) is 8.00. The van der Waals surface area contributed by atoms with Gasteiger partial charge in [0, 0.05) is 5.56 Å². The predicted molar refractivity (Wildman–Crippen MR) is 55.8 cm³/mol. The van der Waals surface area contributed by atoms with Gasteiger partial charge in [-0.15, -0.1) is 0 Å². The average molecular weight is 188 g/mol. The highest BCUT2D eigenvalue weighted by atomic mass is 16.1. The molecular weight excluding hydrogens is 176 g/mol. The number of rotatable bonds is 2. The summed E-state index contributed by atoms with van der Waals surface area (Å²) in [5.74, 6) is 5.31. The van der Waals surface area contributed by atoms with E-state index >= 15 is 0 Å². The Balaban J connectivity index is 2.97. The highest BCUT2D eigenvalue weighted by Crippen LogP contribution is 2.05. The predicted octanol–water partition coefficient (Wildman–Crippen LogP) is 0.356. The summed E-state index contributed by atoms with van der Waals surface area (Å²) in [5, 5.41) is 2.90. The van der Waals surface area contributed by atoms with Crippen LogP contribution in [0.4, 0.5) is 0 Å². The molecule has 1 aromatic carbocycles. The number of nitrogens with one attached hydrogen (secondary N) is 1. The molecule has 0 aliphatic heterocycles. The summed E-state index contributed by atoms with van der Waals surface area (Å²) >= 11 is 0. The largest absolute Gasteiger partial charge is 0.366 e. The SMILES string of the molecule is CNCC#Cc1ccccc1C(N)=O. The summed E-state index contributed by atoms with van der Waals surface area (Å²) in [6, 6.07) is 7.05. The third kappa shape index (κ3) is 2.61. The van der Waals surface area contributed by atoms with Crippen molar-refractivity contribution in [2.75, 3.05) is 13.6 Å². The molecule has 1 amide bonds. The number of primary amides is 1. The summed E-state index contributed by atoms with van der Waals surface area (Å²) < 4.78 is 0. The van der Waals surface area contributed by atoms with E-state index in [9.17, 15) is 4.79 Å². The van der Waals surface area contributed by atoms with Gasteiger partial charge in [0.25, 0.3) is 0 Å². The molecule has 0 aromatic heterocycles. The Labute approximate surface area is 83.3 Å². The van der Waals surface area contributed by atoms with Crippen molar-refractivity contribution in [1.82, 2.24) is 5.32 Å². The van der Waals surface area contributed by atoms with Crippen molar-refractivity contribution in [2.45, 2.75) is 0 Å². The lowest BCUT2D eigenvalue weighted by Gasteiger charge is -1.97. The van der Waals surface area contributed by atoms with Gasteiger partial charge >= 0.3 is 0 Å². The molecule has 0 radical (unpaired) electrons. The Hall–Kier alpha value is -1.79. The molecule has 0 aliphatic rings. The second-order valence-corrected chi connectivity index (χ2v) is 2.74. The lowest BCUT2D eigenvalue weighted by atomic mass is 10.1. The Bertz CT molecular complexity index is 388. The molecule has 0 saturated heterocycles. The van der Waals surface area contributed by atoms with Gasteiger partial charge < -0.3 is 11.1 Å². The summed E-state index contributed by atoms with van der Waals surface area (Å²) in [6.07, 6.45) is 0. The smallest absolute Gasteiger partial charge is 0.249 e. The average Bonchev–Trinajstić information content (AvgIpc) is 2.19. The van der Waals surface area contributed by atoms with Gasteiger partial charge in [-0.25, -0.2) is 0 Å². The fourth-order valence-electron chi connectivity index (χ4n) is 1.03. The maximum atomic E-state index is 11.0. The van der Waals surface area contributed by atoms with Gasteiger partial charge in [-0.1, -0.05) is 24.0 Å². The molecule has 0 spiro atoms. The number of hydrogen-bond acceptors (Lipinski definition) is 2. The van der Waals surface area contributed by atoms with E-state index in [2.05, 4.69) is 17.2 Å². The number of nitrogens with two attached hydrogens (primary N) is 1. The molecule has 72 valence electrons. The van der Waals surface area contributed by atoms with Crippen LogP contribution < -0.4 is 11.1 Å². The zero-order chi connectivity index (χ0) is 10.4. The van der Waals surface area contributed by atoms with Gasteiger partial charge in [-0.05, 0) is 19.2 Å². The van der Waals surface area contributed by atoms with E-state index < -0.39 is 5.91 Å². The number of carbonyl (C=O) groups excluding carboxylic acids is 1. The minimum Gasteiger partial charge on any atom is -0.366 e. The lowest BCUT2D eigenvalue weighted by Crippen LogP contribution is -2.12. The van der Waals surface area contributed by atoms with Gasteiger partial charge in [-0.3, -0.25) is 4.79 Å². The third-order valence-electron chi connectivity index (χ3n) is 1.68. The molecule has 0 aliphatic carbocycles. The Morgan fingerprint density at radius 3 is 2.86 bits per heavy atom. The van der Waals surface area contributed by atoms with Gasteiger partial charge in [0.1, 0.15) is 0 Å². The second kappa shape index (κ2) is 5.05. The fraction of sp³-hybridized carbons (Fsp3) is 0.182. The van der Waals surface area contributed by atoms with Crippen molar-refractivity contribution in [3.63, 3.8) is 0 Å². The van der Waals surface area contributed by atoms with Crippen LogP contribution in [-0.4, -0.2) is 19.5 Å². The topological polar surface area (TPSA) is 55.1 Å². The molecule has 1 rings (SSSR count). The van der Waals surface area contributed by atoms with Gasteiger partial charge in [0.2, 0.25) is 5.91 Å². The van der Waals surface area contributed by atoms with E-state index in [1.807, 2.05) is 13.1 Å². The van der Waals surface area contributed by atoms with Gasteiger partial charge in [0.05, 0.1) is 12.1 Å². The molecule has 3 N–H and O–H groups in total. The summed E-state index contributed by atoms with van der Waals surface area (Å²) in [6.45, 7) is 0.590. The first kappa shape index (κ1) is 10.3. The van der Waals surface area contributed by atoms with Crippen molar-refractivity contribution in [3.05, 3.63) is 35.4 Å². The first-order chi connectivity index (χ1) is 6.75. The van der Waals surface area contributed by atoms with Crippen LogP contribution in [0.15, 0.2) is 24.3 Å². The third-order valence-corrected chi connectivity index (χ3v) is 1.68.